The van der Waals surface area contributed by atoms with Crippen molar-refractivity contribution < 1.29 is 19.3 Å². The predicted octanol–water partition coefficient (Wildman–Crippen LogP) is 5.79. The molecule has 3 aromatic carbocycles. The van der Waals surface area contributed by atoms with Crippen LogP contribution in [0.25, 0.3) is 0 Å². The van der Waals surface area contributed by atoms with E-state index in [1.54, 1.807) is 0 Å². The first kappa shape index (κ1) is 24.3. The summed E-state index contributed by atoms with van der Waals surface area (Å²) in [6, 6.07) is 26.8. The molecule has 0 saturated heterocycles. The summed E-state index contributed by atoms with van der Waals surface area (Å²) >= 11 is 0. The van der Waals surface area contributed by atoms with E-state index in [0.29, 0.717) is 39.3 Å². The maximum Gasteiger partial charge on any atom is 0.122 e. The molecule has 1 N–H and O–H groups in total. The first-order valence-corrected chi connectivity index (χ1v) is 12.5. The van der Waals surface area contributed by atoms with Gasteiger partial charge in [0.25, 0.3) is 0 Å². The van der Waals surface area contributed by atoms with Crippen molar-refractivity contribution in [1.82, 2.24) is 0 Å². The molecule has 4 rings (SSSR count). The fourth-order valence-electron chi connectivity index (χ4n) is 4.60. The molecule has 0 amide bonds. The summed E-state index contributed by atoms with van der Waals surface area (Å²) in [6.45, 7) is 2.02. The van der Waals surface area contributed by atoms with Gasteiger partial charge in [-0.25, -0.2) is 0 Å². The Morgan fingerprint density at radius 2 is 1.18 bits per heavy atom. The van der Waals surface area contributed by atoms with Crippen molar-refractivity contribution in [3.05, 3.63) is 95.6 Å². The van der Waals surface area contributed by atoms with Crippen molar-refractivity contribution in [3.63, 3.8) is 0 Å². The molecule has 1 heterocycles. The second-order valence-electron chi connectivity index (χ2n) is 9.09. The van der Waals surface area contributed by atoms with Gasteiger partial charge in [0.15, 0.2) is 0 Å². The van der Waals surface area contributed by atoms with E-state index in [2.05, 4.69) is 36.4 Å². The van der Waals surface area contributed by atoms with Gasteiger partial charge in [0.05, 0.1) is 18.8 Å². The Balaban J connectivity index is 1.50. The Labute approximate surface area is 203 Å². The van der Waals surface area contributed by atoms with E-state index < -0.39 is 5.60 Å². The van der Waals surface area contributed by atoms with Gasteiger partial charge in [-0.15, -0.1) is 0 Å². The zero-order valence-electron chi connectivity index (χ0n) is 20.0. The lowest BCUT2D eigenvalue weighted by atomic mass is 9.84. The summed E-state index contributed by atoms with van der Waals surface area (Å²) in [5.74, 6) is 1.76. The number of fused-ring (bicyclic) bond motifs is 2. The molecule has 0 saturated carbocycles. The van der Waals surface area contributed by atoms with E-state index >= 15 is 0 Å². The van der Waals surface area contributed by atoms with Gasteiger partial charge in [0, 0.05) is 0 Å². The second-order valence-corrected chi connectivity index (χ2v) is 9.09. The van der Waals surface area contributed by atoms with E-state index in [-0.39, 0.29) is 0 Å². The highest BCUT2D eigenvalue weighted by Gasteiger charge is 2.27. The summed E-state index contributed by atoms with van der Waals surface area (Å²) in [5.41, 5.74) is 2.84. The summed E-state index contributed by atoms with van der Waals surface area (Å²) in [7, 11) is 0. The van der Waals surface area contributed by atoms with Crippen LogP contribution in [-0.4, -0.2) is 37.1 Å². The Morgan fingerprint density at radius 3 is 1.76 bits per heavy atom. The fraction of sp³-hybridized carbons (Fsp3) is 0.400. The van der Waals surface area contributed by atoms with Gasteiger partial charge in [-0.2, -0.15) is 0 Å². The first-order chi connectivity index (χ1) is 16.7. The largest absolute Gasteiger partial charge is 0.491 e. The van der Waals surface area contributed by atoms with Crippen LogP contribution in [0.2, 0.25) is 0 Å². The molecule has 34 heavy (non-hydrogen) atoms. The maximum atomic E-state index is 11.8. The number of aryl methyl sites for hydroxylation is 3. The third-order valence-electron chi connectivity index (χ3n) is 6.59. The van der Waals surface area contributed by atoms with Crippen molar-refractivity contribution in [2.75, 3.05) is 26.4 Å². The number of ether oxygens (including phenoxy) is 3. The minimum atomic E-state index is -0.755. The number of hydrogen-bond donors (Lipinski definition) is 1. The van der Waals surface area contributed by atoms with E-state index in [1.807, 2.05) is 42.5 Å². The van der Waals surface area contributed by atoms with Gasteiger partial charge in [-0.1, -0.05) is 66.7 Å². The minimum absolute atomic E-state index is 0.495. The monoisotopic (exact) mass is 460 g/mol. The van der Waals surface area contributed by atoms with Crippen LogP contribution in [0.3, 0.4) is 0 Å². The summed E-state index contributed by atoms with van der Waals surface area (Å²) in [6.07, 6.45) is 5.63. The second kappa shape index (κ2) is 12.6. The summed E-state index contributed by atoms with van der Waals surface area (Å²) in [5, 5.41) is 11.8. The number of hydrogen-bond acceptors (Lipinski definition) is 4. The van der Waals surface area contributed by atoms with Gasteiger partial charge >= 0.3 is 0 Å². The molecule has 0 bridgehead atoms. The molecule has 180 valence electrons. The standard InChI is InChI=1S/C30H36O4/c31-30(18-8-11-25-9-2-1-3-10-25)19-16-26-12-4-6-14-28(26)33-23-21-32-22-24-34-29-15-7-5-13-27(29)17-20-30/h1-7,9-10,12-15,31H,8,11,16-24H2. The summed E-state index contributed by atoms with van der Waals surface area (Å²) in [4.78, 5) is 0. The topological polar surface area (TPSA) is 47.9 Å². The fourth-order valence-corrected chi connectivity index (χ4v) is 4.60. The third-order valence-corrected chi connectivity index (χ3v) is 6.59. The van der Waals surface area contributed by atoms with Gasteiger partial charge in [0.2, 0.25) is 0 Å². The summed E-state index contributed by atoms with van der Waals surface area (Å²) < 4.78 is 17.7. The molecule has 0 spiro atoms. The third kappa shape index (κ3) is 7.34. The van der Waals surface area contributed by atoms with E-state index in [4.69, 9.17) is 14.2 Å². The Kier molecular flexibility index (Phi) is 9.00. The average molecular weight is 461 g/mol. The molecular formula is C30H36O4. The molecule has 0 fully saturated rings. The highest BCUT2D eigenvalue weighted by atomic mass is 16.5. The first-order valence-electron chi connectivity index (χ1n) is 12.5. The molecule has 1 aliphatic rings. The van der Waals surface area contributed by atoms with Crippen LogP contribution >= 0.6 is 0 Å². The Hall–Kier alpha value is -2.82. The maximum absolute atomic E-state index is 11.8. The molecular weight excluding hydrogens is 424 g/mol. The SMILES string of the molecule is OC1(CCCc2ccccc2)CCc2ccccc2OCCOCCOc2ccccc2CC1. The molecule has 0 atom stereocenters. The molecule has 4 heteroatoms. The molecule has 0 radical (unpaired) electrons. The van der Waals surface area contributed by atoms with Crippen LogP contribution in [0.4, 0.5) is 0 Å². The van der Waals surface area contributed by atoms with Crippen LogP contribution < -0.4 is 9.47 Å². The molecule has 3 aromatic rings. The molecule has 0 unspecified atom stereocenters. The predicted molar refractivity (Wildman–Crippen MR) is 136 cm³/mol. The van der Waals surface area contributed by atoms with Gasteiger partial charge < -0.3 is 19.3 Å². The lowest BCUT2D eigenvalue weighted by Crippen LogP contribution is -2.30. The molecule has 4 nitrogen and oxygen atoms in total. The lowest BCUT2D eigenvalue weighted by molar-refractivity contribution is 0.0125. The van der Waals surface area contributed by atoms with Crippen molar-refractivity contribution in [2.45, 2.75) is 50.5 Å². The van der Waals surface area contributed by atoms with Crippen LogP contribution in [0.15, 0.2) is 78.9 Å². The van der Waals surface area contributed by atoms with Crippen LogP contribution in [0.5, 0.6) is 11.5 Å². The quantitative estimate of drug-likeness (QED) is 0.535. The zero-order valence-corrected chi connectivity index (χ0v) is 20.0. The molecule has 1 aliphatic heterocycles. The van der Waals surface area contributed by atoms with Crippen molar-refractivity contribution in [1.29, 1.82) is 0 Å². The van der Waals surface area contributed by atoms with E-state index in [1.165, 1.54) is 5.56 Å². The number of benzene rings is 3. The van der Waals surface area contributed by atoms with Crippen LogP contribution in [-0.2, 0) is 24.0 Å². The van der Waals surface area contributed by atoms with Gasteiger partial charge in [-0.05, 0) is 73.8 Å². The number of aliphatic hydroxyl groups is 1. The highest BCUT2D eigenvalue weighted by Crippen LogP contribution is 2.31. The van der Waals surface area contributed by atoms with Crippen molar-refractivity contribution in [2.24, 2.45) is 0 Å². The van der Waals surface area contributed by atoms with Crippen molar-refractivity contribution in [3.8, 4) is 11.5 Å². The van der Waals surface area contributed by atoms with E-state index in [0.717, 1.165) is 54.7 Å². The van der Waals surface area contributed by atoms with Gasteiger partial charge in [-0.3, -0.25) is 0 Å². The van der Waals surface area contributed by atoms with E-state index in [9.17, 15) is 5.11 Å². The van der Waals surface area contributed by atoms with Crippen molar-refractivity contribution >= 4 is 0 Å². The Morgan fingerprint density at radius 1 is 0.647 bits per heavy atom. The Bertz CT molecular complexity index is 946. The number of para-hydroxylation sites is 2. The highest BCUT2D eigenvalue weighted by molar-refractivity contribution is 5.35. The zero-order chi connectivity index (χ0) is 23.5. The normalized spacial score (nSPS) is 17.0. The average Bonchev–Trinajstić information content (AvgIpc) is 2.87. The van der Waals surface area contributed by atoms with Gasteiger partial charge in [0.1, 0.15) is 24.7 Å². The number of rotatable bonds is 4. The lowest BCUT2D eigenvalue weighted by Gasteiger charge is -2.29. The minimum Gasteiger partial charge on any atom is -0.491 e. The smallest absolute Gasteiger partial charge is 0.122 e. The van der Waals surface area contributed by atoms with Crippen LogP contribution in [0.1, 0.15) is 42.4 Å². The van der Waals surface area contributed by atoms with Crippen LogP contribution in [0, 0.1) is 0 Å². The molecule has 0 aliphatic carbocycles. The molecule has 0 aromatic heterocycles.